The molecule has 158 valence electrons. The molecule has 0 fully saturated rings. The molecular weight excluding hydrogens is 413 g/mol. The van der Waals surface area contributed by atoms with Gasteiger partial charge in [0.1, 0.15) is 18.2 Å². The lowest BCUT2D eigenvalue weighted by Crippen LogP contribution is -2.24. The Hall–Kier alpha value is -1.63. The van der Waals surface area contributed by atoms with Crippen LogP contribution in [-0.4, -0.2) is 63.9 Å². The van der Waals surface area contributed by atoms with Gasteiger partial charge in [0.25, 0.3) is 10.1 Å². The van der Waals surface area contributed by atoms with E-state index in [1.165, 1.54) is 12.7 Å². The van der Waals surface area contributed by atoms with Gasteiger partial charge in [-0.1, -0.05) is 0 Å². The van der Waals surface area contributed by atoms with Crippen LogP contribution >= 0.6 is 7.60 Å². The molecule has 1 atom stereocenters. The lowest BCUT2D eigenvalue weighted by molar-refractivity contribution is 0.0530. The highest BCUT2D eigenvalue weighted by molar-refractivity contribution is 7.85. The van der Waals surface area contributed by atoms with Crippen LogP contribution in [0.4, 0.5) is 5.82 Å². The zero-order valence-electron chi connectivity index (χ0n) is 15.6. The molecule has 3 N–H and O–H groups in total. The zero-order chi connectivity index (χ0) is 20.8. The van der Waals surface area contributed by atoms with Gasteiger partial charge in [-0.15, -0.1) is 0 Å². The number of rotatable bonds is 12. The Morgan fingerprint density at radius 3 is 2.54 bits per heavy atom. The van der Waals surface area contributed by atoms with E-state index >= 15 is 0 Å². The van der Waals surface area contributed by atoms with Gasteiger partial charge in [0.15, 0.2) is 11.5 Å². The summed E-state index contributed by atoms with van der Waals surface area (Å²) in [4.78, 5) is 12.1. The lowest BCUT2D eigenvalue weighted by Gasteiger charge is -2.22. The highest BCUT2D eigenvalue weighted by atomic mass is 32.2. The number of hydrogen-bond donors (Lipinski definition) is 2. The Morgan fingerprint density at radius 2 is 1.93 bits per heavy atom. The summed E-state index contributed by atoms with van der Waals surface area (Å²) in [5, 5.41) is 0. The van der Waals surface area contributed by atoms with Gasteiger partial charge in [0, 0.05) is 0 Å². The summed E-state index contributed by atoms with van der Waals surface area (Å²) in [6.45, 7) is 3.80. The van der Waals surface area contributed by atoms with E-state index in [1.807, 2.05) is 0 Å². The molecule has 0 amide bonds. The Labute approximate surface area is 162 Å². The molecule has 0 aromatic carbocycles. The van der Waals surface area contributed by atoms with Crippen LogP contribution in [0.1, 0.15) is 20.3 Å². The van der Waals surface area contributed by atoms with Gasteiger partial charge in [-0.3, -0.25) is 9.12 Å². The molecule has 0 bridgehead atoms. The first kappa shape index (κ1) is 22.7. The molecule has 1 unspecified atom stereocenters. The fourth-order valence-corrected chi connectivity index (χ4v) is 4.43. The van der Waals surface area contributed by atoms with Gasteiger partial charge in [-0.05, 0) is 20.3 Å². The maximum absolute atomic E-state index is 12.6. The average molecular weight is 437 g/mol. The first-order valence-corrected chi connectivity index (χ1v) is 11.9. The van der Waals surface area contributed by atoms with E-state index < -0.39 is 29.6 Å². The van der Waals surface area contributed by atoms with Crippen LogP contribution in [-0.2, 0) is 35.0 Å². The van der Waals surface area contributed by atoms with Crippen molar-refractivity contribution in [1.29, 1.82) is 0 Å². The van der Waals surface area contributed by atoms with Gasteiger partial charge in [0.05, 0.1) is 37.9 Å². The molecule has 0 aliphatic carbocycles. The monoisotopic (exact) mass is 437 g/mol. The summed E-state index contributed by atoms with van der Waals surface area (Å²) in [6, 6.07) is 0. The minimum absolute atomic E-state index is 0.0582. The van der Waals surface area contributed by atoms with Crippen molar-refractivity contribution in [3.05, 3.63) is 12.7 Å². The van der Waals surface area contributed by atoms with E-state index in [2.05, 4.69) is 15.0 Å². The molecule has 0 radical (unpaired) electrons. The van der Waals surface area contributed by atoms with Crippen molar-refractivity contribution in [2.24, 2.45) is 0 Å². The van der Waals surface area contributed by atoms with Crippen molar-refractivity contribution in [2.45, 2.75) is 32.9 Å². The van der Waals surface area contributed by atoms with E-state index in [0.717, 1.165) is 0 Å². The number of imidazole rings is 1. The highest BCUT2D eigenvalue weighted by Crippen LogP contribution is 2.48. The van der Waals surface area contributed by atoms with Crippen LogP contribution < -0.4 is 5.73 Å². The van der Waals surface area contributed by atoms with E-state index in [0.29, 0.717) is 11.2 Å². The second kappa shape index (κ2) is 9.72. The number of nitrogen functional groups attached to an aromatic ring is 1. The first-order valence-electron chi connectivity index (χ1n) is 8.53. The molecule has 28 heavy (non-hydrogen) atoms. The van der Waals surface area contributed by atoms with Crippen LogP contribution in [0.15, 0.2) is 12.7 Å². The van der Waals surface area contributed by atoms with Gasteiger partial charge >= 0.3 is 7.60 Å². The molecule has 2 aromatic rings. The molecule has 14 heteroatoms. The second-order valence-corrected chi connectivity index (χ2v) is 9.34. The van der Waals surface area contributed by atoms with Crippen LogP contribution in [0.5, 0.6) is 0 Å². The summed E-state index contributed by atoms with van der Waals surface area (Å²) in [7, 11) is -7.69. The highest BCUT2D eigenvalue weighted by Gasteiger charge is 2.27. The van der Waals surface area contributed by atoms with Crippen LogP contribution in [0.2, 0.25) is 0 Å². The number of hydrogen-bond acceptors (Lipinski definition) is 10. The number of anilines is 1. The molecular formula is C14H24N5O7PS. The number of nitrogens with two attached hydrogens (primary N) is 1. The minimum Gasteiger partial charge on any atom is -0.382 e. The van der Waals surface area contributed by atoms with Crippen molar-refractivity contribution >= 4 is 34.7 Å². The van der Waals surface area contributed by atoms with Crippen molar-refractivity contribution in [2.75, 3.05) is 31.0 Å². The molecule has 0 saturated carbocycles. The third-order valence-corrected chi connectivity index (χ3v) is 6.17. The van der Waals surface area contributed by atoms with Gasteiger partial charge in [-0.2, -0.15) is 8.42 Å². The molecule has 0 saturated heterocycles. The lowest BCUT2D eigenvalue weighted by atomic mass is 10.3. The number of aromatic nitrogens is 4. The number of fused-ring (bicyclic) bond motifs is 1. The Bertz CT molecular complexity index is 925. The maximum atomic E-state index is 12.6. The van der Waals surface area contributed by atoms with Gasteiger partial charge < -0.3 is 24.1 Å². The third-order valence-electron chi connectivity index (χ3n) is 3.65. The largest absolute Gasteiger partial charge is 0.382 e. The fourth-order valence-electron chi connectivity index (χ4n) is 2.46. The number of nitrogens with zero attached hydrogens (tertiary/aromatic N) is 4. The Kier molecular flexibility index (Phi) is 7.87. The molecule has 2 heterocycles. The van der Waals surface area contributed by atoms with Gasteiger partial charge in [-0.25, -0.2) is 15.0 Å². The summed E-state index contributed by atoms with van der Waals surface area (Å²) >= 11 is 0. The maximum Gasteiger partial charge on any atom is 0.356 e. The fraction of sp³-hybridized carbons (Fsp3) is 0.643. The van der Waals surface area contributed by atoms with Crippen molar-refractivity contribution in [3.63, 3.8) is 0 Å². The predicted molar refractivity (Wildman–Crippen MR) is 101 cm³/mol. The van der Waals surface area contributed by atoms with Crippen molar-refractivity contribution in [3.8, 4) is 0 Å². The van der Waals surface area contributed by atoms with E-state index in [4.69, 9.17) is 24.1 Å². The van der Waals surface area contributed by atoms with Crippen LogP contribution in [0.3, 0.4) is 0 Å². The first-order chi connectivity index (χ1) is 13.2. The standard InChI is InChI=1S/C14H24N5O7PS/c1-3-25-27(20,26-4-2)10-24-11(5-6-28(21,22)23)7-19-9-18-12-13(15)16-8-17-14(12)19/h8-9,11H,3-7,10H2,1-2H3,(H2,15,16,17)(H,21,22,23). The molecule has 2 aromatic heterocycles. The van der Waals surface area contributed by atoms with Crippen molar-refractivity contribution in [1.82, 2.24) is 19.5 Å². The summed E-state index contributed by atoms with van der Waals surface area (Å²) in [6.07, 6.45) is 1.57. The third kappa shape index (κ3) is 6.47. The summed E-state index contributed by atoms with van der Waals surface area (Å²) < 4.78 is 61.5. The van der Waals surface area contributed by atoms with Crippen LogP contribution in [0.25, 0.3) is 11.2 Å². The van der Waals surface area contributed by atoms with E-state index in [-0.39, 0.29) is 38.3 Å². The second-order valence-electron chi connectivity index (χ2n) is 5.77. The number of ether oxygens (including phenoxy) is 1. The normalized spacial score (nSPS) is 13.8. The van der Waals surface area contributed by atoms with Gasteiger partial charge in [0.2, 0.25) is 0 Å². The van der Waals surface area contributed by atoms with Crippen molar-refractivity contribution < 1.29 is 31.3 Å². The SMILES string of the molecule is CCOP(=O)(COC(CCS(=O)(=O)O)Cn1cnc2c(N)ncnc21)OCC. The Balaban J connectivity index is 2.18. The summed E-state index contributed by atoms with van der Waals surface area (Å²) in [5.41, 5.74) is 6.59. The topological polar surface area (TPSA) is 169 Å². The Morgan fingerprint density at radius 1 is 1.25 bits per heavy atom. The summed E-state index contributed by atoms with van der Waals surface area (Å²) in [5.74, 6) is -0.328. The quantitative estimate of drug-likeness (QED) is 0.362. The smallest absolute Gasteiger partial charge is 0.356 e. The molecule has 0 aliphatic rings. The molecule has 0 aliphatic heterocycles. The van der Waals surface area contributed by atoms with E-state index in [9.17, 15) is 13.0 Å². The average Bonchev–Trinajstić information content (AvgIpc) is 3.01. The van der Waals surface area contributed by atoms with Crippen LogP contribution in [0, 0.1) is 0 Å². The molecule has 12 nitrogen and oxygen atoms in total. The molecule has 0 spiro atoms. The van der Waals surface area contributed by atoms with E-state index in [1.54, 1.807) is 18.4 Å². The predicted octanol–water partition coefficient (Wildman–Crippen LogP) is 1.30. The zero-order valence-corrected chi connectivity index (χ0v) is 17.3. The minimum atomic E-state index is -4.20. The molecule has 2 rings (SSSR count).